The van der Waals surface area contributed by atoms with Crippen molar-refractivity contribution in [1.29, 1.82) is 0 Å². The Hall–Kier alpha value is -6.44. The molecule has 0 N–H and O–H groups in total. The molecule has 452 valence electrons. The van der Waals surface area contributed by atoms with Crippen molar-refractivity contribution in [2.24, 2.45) is 11.8 Å². The molecule has 4 heterocycles. The van der Waals surface area contributed by atoms with E-state index in [0.29, 0.717) is 155 Å². The van der Waals surface area contributed by atoms with Crippen LogP contribution in [0.1, 0.15) is 135 Å². The zero-order valence-electron chi connectivity index (χ0n) is 50.7. The van der Waals surface area contributed by atoms with Crippen LogP contribution < -0.4 is 37.9 Å². The van der Waals surface area contributed by atoms with Gasteiger partial charge in [0.15, 0.2) is 23.0 Å². The van der Waals surface area contributed by atoms with Crippen molar-refractivity contribution in [3.05, 3.63) is 165 Å². The lowest BCUT2D eigenvalue weighted by molar-refractivity contribution is 0.0695. The summed E-state index contributed by atoms with van der Waals surface area (Å²) in [5.74, 6) is 7.35. The Labute approximate surface area is 500 Å². The van der Waals surface area contributed by atoms with E-state index >= 15 is 0 Å². The largest absolute Gasteiger partial charge is 0.491 e. The average molecular weight is 1150 g/mol. The first-order valence-corrected chi connectivity index (χ1v) is 31.5. The summed E-state index contributed by atoms with van der Waals surface area (Å²) >= 11 is 0. The van der Waals surface area contributed by atoms with Gasteiger partial charge in [-0.1, -0.05) is 164 Å². The first-order chi connectivity index (χ1) is 41.5. The van der Waals surface area contributed by atoms with Crippen LogP contribution in [0.4, 0.5) is 0 Å². The minimum Gasteiger partial charge on any atom is -0.491 e. The maximum Gasteiger partial charge on any atom is 0.161 e. The molecule has 0 spiro atoms. The highest BCUT2D eigenvalue weighted by Gasteiger charge is 2.23. The highest BCUT2D eigenvalue weighted by molar-refractivity contribution is 5.56. The van der Waals surface area contributed by atoms with E-state index in [0.717, 1.165) is 105 Å². The normalized spacial score (nSPS) is 16.8. The molecule has 2 unspecified atom stereocenters. The van der Waals surface area contributed by atoms with Gasteiger partial charge >= 0.3 is 0 Å². The molecule has 2 atom stereocenters. The van der Waals surface area contributed by atoms with Crippen LogP contribution in [0.15, 0.2) is 109 Å². The van der Waals surface area contributed by atoms with Gasteiger partial charge in [0.1, 0.15) is 75.9 Å². The summed E-state index contributed by atoms with van der Waals surface area (Å²) in [6.45, 7) is 14.8. The highest BCUT2D eigenvalue weighted by atomic mass is 16.6. The van der Waals surface area contributed by atoms with Crippen molar-refractivity contribution < 1.29 is 56.8 Å². The van der Waals surface area contributed by atoms with Crippen LogP contribution in [0.2, 0.25) is 0 Å². The number of fused-ring (bicyclic) bond motifs is 24. The van der Waals surface area contributed by atoms with Gasteiger partial charge in [0, 0.05) is 25.7 Å². The van der Waals surface area contributed by atoms with Gasteiger partial charge in [-0.25, -0.2) is 0 Å². The predicted molar refractivity (Wildman–Crippen MR) is 331 cm³/mol. The summed E-state index contributed by atoms with van der Waals surface area (Å²) in [6.07, 6.45) is 13.8. The molecule has 0 amide bonds. The van der Waals surface area contributed by atoms with E-state index in [9.17, 15) is 0 Å². The topological polar surface area (TPSA) is 111 Å². The Bertz CT molecular complexity index is 2740. The Morgan fingerprint density at radius 3 is 0.821 bits per heavy atom. The lowest BCUT2D eigenvalue weighted by Gasteiger charge is -2.23. The molecule has 11 rings (SSSR count). The quantitative estimate of drug-likeness (QED) is 0.109. The van der Waals surface area contributed by atoms with Gasteiger partial charge in [0.2, 0.25) is 0 Å². The molecule has 12 bridgehead atoms. The van der Waals surface area contributed by atoms with Gasteiger partial charge in [-0.3, -0.25) is 0 Å². The molecular weight excluding hydrogens is 1060 g/mol. The number of unbranched alkanes of at least 4 members (excludes halogenated alkanes) is 2. The van der Waals surface area contributed by atoms with Gasteiger partial charge in [-0.2, -0.15) is 0 Å². The standard InChI is InChI=1S/C72H92O12/c1-5-9-15-53(7-3)45-55-25-27-65-67(47-55)79-39-31-75-35-43-83-71-61-21-13-23-63(71)52-64-24-14-22-62-51-59-19-11-17-57(69(59)81-41-33-73-29-37-77-65)49-58-18-12-20-60(50-61)70(58)82-42-34-74-30-38-78-66-28-26-56(46-54(8-4)16-10-6-2)48-68(66)80-40-32-76-36-44-84-72(62)64/h11-14,17-28,47-48,53-54H,5-10,15-16,29-46,49-52H2,1-4H3. The first-order valence-electron chi connectivity index (χ1n) is 31.5. The molecule has 5 aliphatic rings. The predicted octanol–water partition coefficient (Wildman–Crippen LogP) is 14.4. The number of ether oxygens (including phenoxy) is 12. The lowest BCUT2D eigenvalue weighted by Crippen LogP contribution is -2.15. The molecule has 4 aliphatic heterocycles. The van der Waals surface area contributed by atoms with Gasteiger partial charge in [-0.15, -0.1) is 0 Å². The van der Waals surface area contributed by atoms with Crippen molar-refractivity contribution in [3.8, 4) is 46.0 Å². The van der Waals surface area contributed by atoms with E-state index in [4.69, 9.17) is 56.8 Å². The summed E-state index contributed by atoms with van der Waals surface area (Å²) in [6, 6.07) is 38.5. The number of para-hydroxylation sites is 4. The molecule has 0 saturated carbocycles. The zero-order chi connectivity index (χ0) is 58.0. The fourth-order valence-electron chi connectivity index (χ4n) is 11.7. The molecule has 6 aromatic rings. The molecule has 6 aromatic carbocycles. The van der Waals surface area contributed by atoms with E-state index in [1.54, 1.807) is 0 Å². The number of benzene rings is 6. The number of hydrogen-bond donors (Lipinski definition) is 0. The third-order valence-electron chi connectivity index (χ3n) is 16.2. The fraction of sp³-hybridized carbons (Fsp3) is 0.500. The van der Waals surface area contributed by atoms with Gasteiger partial charge in [0.05, 0.1) is 52.9 Å². The molecule has 0 radical (unpaired) electrons. The summed E-state index contributed by atoms with van der Waals surface area (Å²) in [4.78, 5) is 0. The Balaban J connectivity index is 1.03. The minimum atomic E-state index is 0.334. The number of rotatable bonds is 12. The molecule has 0 saturated heterocycles. The molecule has 12 heteroatoms. The Morgan fingerprint density at radius 1 is 0.298 bits per heavy atom. The van der Waals surface area contributed by atoms with Crippen molar-refractivity contribution in [2.75, 3.05) is 106 Å². The second-order valence-electron chi connectivity index (χ2n) is 22.4. The maximum absolute atomic E-state index is 6.92. The van der Waals surface area contributed by atoms with Crippen LogP contribution in [-0.2, 0) is 57.5 Å². The number of hydrogen-bond acceptors (Lipinski definition) is 12. The van der Waals surface area contributed by atoms with Gasteiger partial charge in [0.25, 0.3) is 0 Å². The third-order valence-corrected chi connectivity index (χ3v) is 16.2. The fourth-order valence-corrected chi connectivity index (χ4v) is 11.7. The first kappa shape index (κ1) is 62.1. The highest BCUT2D eigenvalue weighted by Crippen LogP contribution is 2.40. The van der Waals surface area contributed by atoms with Crippen molar-refractivity contribution in [2.45, 2.75) is 118 Å². The summed E-state index contributed by atoms with van der Waals surface area (Å²) < 4.78 is 78.3. The van der Waals surface area contributed by atoms with Crippen LogP contribution in [0.5, 0.6) is 46.0 Å². The molecular formula is C72H92O12. The van der Waals surface area contributed by atoms with Gasteiger partial charge in [-0.05, 0) is 105 Å². The van der Waals surface area contributed by atoms with Crippen molar-refractivity contribution in [3.63, 3.8) is 0 Å². The van der Waals surface area contributed by atoms with Crippen LogP contribution in [0, 0.1) is 11.8 Å². The molecule has 0 fully saturated rings. The smallest absolute Gasteiger partial charge is 0.161 e. The van der Waals surface area contributed by atoms with Gasteiger partial charge < -0.3 is 56.8 Å². The maximum atomic E-state index is 6.92. The lowest BCUT2D eigenvalue weighted by atomic mass is 9.91. The SMILES string of the molecule is CCCCC(CC)Cc1ccc2c(c1)OCCOCCOc1c3cccc1Cc1cccc4c1OCCOCCOc1cc(CC(CC)CCCC)ccc1OCCOCCOc1c(cccc1C3)Cc1cccc(c1OCCOCCO2)C4. The van der Waals surface area contributed by atoms with E-state index in [-0.39, 0.29) is 0 Å². The van der Waals surface area contributed by atoms with E-state index in [1.807, 2.05) is 12.1 Å². The second-order valence-corrected chi connectivity index (χ2v) is 22.4. The summed E-state index contributed by atoms with van der Waals surface area (Å²) in [7, 11) is 0. The summed E-state index contributed by atoms with van der Waals surface area (Å²) in [5.41, 5.74) is 10.8. The Kier molecular flexibility index (Phi) is 25.1. The van der Waals surface area contributed by atoms with Crippen LogP contribution in [-0.4, -0.2) is 106 Å². The average Bonchev–Trinajstić information content (AvgIpc) is 3.52. The van der Waals surface area contributed by atoms with E-state index < -0.39 is 0 Å². The summed E-state index contributed by atoms with van der Waals surface area (Å²) in [5, 5.41) is 0. The van der Waals surface area contributed by atoms with Crippen molar-refractivity contribution in [1.82, 2.24) is 0 Å². The van der Waals surface area contributed by atoms with Crippen LogP contribution >= 0.6 is 0 Å². The van der Waals surface area contributed by atoms with E-state index in [1.165, 1.54) is 49.7 Å². The molecule has 12 nitrogen and oxygen atoms in total. The third kappa shape index (κ3) is 18.3. The molecule has 0 aromatic heterocycles. The minimum absolute atomic E-state index is 0.334. The zero-order valence-corrected chi connectivity index (χ0v) is 50.7. The van der Waals surface area contributed by atoms with Crippen LogP contribution in [0.25, 0.3) is 0 Å². The van der Waals surface area contributed by atoms with Crippen molar-refractivity contribution >= 4 is 0 Å². The van der Waals surface area contributed by atoms with Crippen LogP contribution in [0.3, 0.4) is 0 Å². The molecule has 1 aliphatic carbocycles. The van der Waals surface area contributed by atoms with E-state index in [2.05, 4.69) is 125 Å². The monoisotopic (exact) mass is 1150 g/mol. The second kappa shape index (κ2) is 33.9. The molecule has 84 heavy (non-hydrogen) atoms. The Morgan fingerprint density at radius 2 is 0.560 bits per heavy atom.